The average molecular weight is 472 g/mol. The third-order valence-corrected chi connectivity index (χ3v) is 5.64. The number of benzene rings is 2. The Kier molecular flexibility index (Phi) is 7.80. The number of hydrogen-bond acceptors (Lipinski definition) is 5. The summed E-state index contributed by atoms with van der Waals surface area (Å²) in [5.41, 5.74) is 1.38. The number of amides is 1. The lowest BCUT2D eigenvalue weighted by atomic mass is 10.2. The Morgan fingerprint density at radius 3 is 2.52 bits per heavy atom. The van der Waals surface area contributed by atoms with Crippen LogP contribution in [0.2, 0.25) is 15.1 Å². The number of carbonyl (C=O) groups excluding carboxylic acids is 1. The van der Waals surface area contributed by atoms with Crippen LogP contribution in [0.15, 0.2) is 47.6 Å². The van der Waals surface area contributed by atoms with Gasteiger partial charge in [0.25, 0.3) is 0 Å². The fourth-order valence-corrected chi connectivity index (χ4v) is 3.85. The molecule has 152 valence electrons. The number of nitrogens with one attached hydrogen (secondary N) is 1. The maximum Gasteiger partial charge on any atom is 0.234 e. The smallest absolute Gasteiger partial charge is 0.234 e. The topological polar surface area (TPSA) is 69.0 Å². The molecule has 3 aromatic rings. The highest BCUT2D eigenvalue weighted by molar-refractivity contribution is 7.99. The normalized spacial score (nSPS) is 10.9. The predicted molar refractivity (Wildman–Crippen MR) is 118 cm³/mol. The van der Waals surface area contributed by atoms with Gasteiger partial charge in [0.2, 0.25) is 5.91 Å². The van der Waals surface area contributed by atoms with E-state index in [1.54, 1.807) is 37.4 Å². The minimum Gasteiger partial charge on any atom is -0.383 e. The molecule has 1 N–H and O–H groups in total. The molecule has 0 saturated carbocycles. The lowest BCUT2D eigenvalue weighted by Gasteiger charge is -2.10. The van der Waals surface area contributed by atoms with Crippen LogP contribution < -0.4 is 5.32 Å². The molecule has 29 heavy (non-hydrogen) atoms. The summed E-state index contributed by atoms with van der Waals surface area (Å²) in [6.07, 6.45) is 0. The summed E-state index contributed by atoms with van der Waals surface area (Å²) in [5.74, 6) is 0.612. The second kappa shape index (κ2) is 10.3. The highest BCUT2D eigenvalue weighted by atomic mass is 35.5. The Morgan fingerprint density at radius 2 is 1.83 bits per heavy atom. The lowest BCUT2D eigenvalue weighted by Crippen LogP contribution is -2.15. The van der Waals surface area contributed by atoms with Gasteiger partial charge in [-0.1, -0.05) is 46.6 Å². The second-order valence-electron chi connectivity index (χ2n) is 5.92. The average Bonchev–Trinajstić information content (AvgIpc) is 3.10. The summed E-state index contributed by atoms with van der Waals surface area (Å²) >= 11 is 19.2. The zero-order valence-corrected chi connectivity index (χ0v) is 18.4. The molecule has 0 aliphatic heterocycles. The monoisotopic (exact) mass is 470 g/mol. The molecular formula is C19H17Cl3N4O2S. The van der Waals surface area contributed by atoms with E-state index in [-0.39, 0.29) is 11.7 Å². The Hall–Kier alpha value is -1.77. The van der Waals surface area contributed by atoms with E-state index in [4.69, 9.17) is 39.5 Å². The van der Waals surface area contributed by atoms with E-state index in [0.717, 1.165) is 5.56 Å². The first-order valence-corrected chi connectivity index (χ1v) is 10.7. The van der Waals surface area contributed by atoms with Crippen LogP contribution in [0.4, 0.5) is 5.69 Å². The molecular weight excluding hydrogens is 455 g/mol. The van der Waals surface area contributed by atoms with Gasteiger partial charge in [0.1, 0.15) is 0 Å². The van der Waals surface area contributed by atoms with E-state index in [1.807, 2.05) is 16.7 Å². The first kappa shape index (κ1) is 21.9. The maximum absolute atomic E-state index is 12.3. The molecule has 0 fully saturated rings. The number of thioether (sulfide) groups is 1. The second-order valence-corrected chi connectivity index (χ2v) is 8.14. The van der Waals surface area contributed by atoms with Crippen molar-refractivity contribution in [2.75, 3.05) is 24.8 Å². The van der Waals surface area contributed by atoms with Crippen LogP contribution in [-0.2, 0) is 16.1 Å². The van der Waals surface area contributed by atoms with E-state index in [1.165, 1.54) is 11.8 Å². The van der Waals surface area contributed by atoms with Crippen molar-refractivity contribution in [1.82, 2.24) is 14.8 Å². The molecule has 3 rings (SSSR count). The Morgan fingerprint density at radius 1 is 1.10 bits per heavy atom. The van der Waals surface area contributed by atoms with Gasteiger partial charge in [-0.25, -0.2) is 0 Å². The van der Waals surface area contributed by atoms with Crippen molar-refractivity contribution < 1.29 is 9.53 Å². The van der Waals surface area contributed by atoms with Crippen LogP contribution in [0.5, 0.6) is 0 Å². The molecule has 0 aliphatic carbocycles. The highest BCUT2D eigenvalue weighted by Gasteiger charge is 2.16. The van der Waals surface area contributed by atoms with E-state index < -0.39 is 0 Å². The van der Waals surface area contributed by atoms with Crippen molar-refractivity contribution in [3.63, 3.8) is 0 Å². The summed E-state index contributed by atoms with van der Waals surface area (Å²) in [4.78, 5) is 12.3. The van der Waals surface area contributed by atoms with E-state index in [0.29, 0.717) is 44.9 Å². The van der Waals surface area contributed by atoms with Gasteiger partial charge in [0, 0.05) is 22.7 Å². The van der Waals surface area contributed by atoms with Crippen molar-refractivity contribution in [1.29, 1.82) is 0 Å². The molecule has 1 aromatic heterocycles. The van der Waals surface area contributed by atoms with Crippen LogP contribution in [0.3, 0.4) is 0 Å². The Labute approximate surface area is 187 Å². The van der Waals surface area contributed by atoms with Crippen LogP contribution >= 0.6 is 46.6 Å². The van der Waals surface area contributed by atoms with E-state index >= 15 is 0 Å². The summed E-state index contributed by atoms with van der Waals surface area (Å²) in [6, 6.07) is 12.2. The van der Waals surface area contributed by atoms with Gasteiger partial charge in [-0.15, -0.1) is 10.2 Å². The number of rotatable bonds is 8. The van der Waals surface area contributed by atoms with Gasteiger partial charge in [-0.3, -0.25) is 9.36 Å². The molecule has 6 nitrogen and oxygen atoms in total. The molecule has 0 radical (unpaired) electrons. The first-order chi connectivity index (χ1) is 14.0. The standard InChI is InChI=1S/C19H17Cl3N4O2S/c1-28-9-8-26-18(12-2-4-13(20)5-3-12)24-25-19(26)29-11-17(27)23-16-7-6-14(21)10-15(16)22/h2-7,10H,8-9,11H2,1H3,(H,23,27). The van der Waals surface area contributed by atoms with Crippen molar-refractivity contribution in [3.05, 3.63) is 57.5 Å². The molecule has 10 heteroatoms. The number of halogens is 3. The van der Waals surface area contributed by atoms with Gasteiger partial charge >= 0.3 is 0 Å². The molecule has 0 saturated heterocycles. The predicted octanol–water partition coefficient (Wildman–Crippen LogP) is 5.28. The van der Waals surface area contributed by atoms with Crippen LogP contribution in [0, 0.1) is 0 Å². The number of nitrogens with zero attached hydrogens (tertiary/aromatic N) is 3. The third-order valence-electron chi connectivity index (χ3n) is 3.88. The number of carbonyl (C=O) groups is 1. The number of methoxy groups -OCH3 is 1. The fraction of sp³-hybridized carbons (Fsp3) is 0.211. The highest BCUT2D eigenvalue weighted by Crippen LogP contribution is 2.27. The lowest BCUT2D eigenvalue weighted by molar-refractivity contribution is -0.113. The minimum absolute atomic E-state index is 0.144. The van der Waals surface area contributed by atoms with Gasteiger partial charge in [0.15, 0.2) is 11.0 Å². The quantitative estimate of drug-likeness (QED) is 0.453. The summed E-state index contributed by atoms with van der Waals surface area (Å²) in [7, 11) is 1.63. The fourth-order valence-electron chi connectivity index (χ4n) is 2.50. The number of ether oxygens (including phenoxy) is 1. The molecule has 0 spiro atoms. The van der Waals surface area contributed by atoms with Crippen LogP contribution in [0.25, 0.3) is 11.4 Å². The molecule has 1 amide bonds. The minimum atomic E-state index is -0.214. The van der Waals surface area contributed by atoms with Crippen molar-refractivity contribution in [2.24, 2.45) is 0 Å². The van der Waals surface area contributed by atoms with E-state index in [2.05, 4.69) is 15.5 Å². The summed E-state index contributed by atoms with van der Waals surface area (Å²) in [6.45, 7) is 1.03. The Bertz CT molecular complexity index is 996. The van der Waals surface area contributed by atoms with Gasteiger partial charge in [0.05, 0.1) is 29.6 Å². The molecule has 1 heterocycles. The van der Waals surface area contributed by atoms with E-state index in [9.17, 15) is 4.79 Å². The molecule has 0 unspecified atom stereocenters. The first-order valence-electron chi connectivity index (χ1n) is 8.53. The zero-order chi connectivity index (χ0) is 20.8. The van der Waals surface area contributed by atoms with Crippen molar-refractivity contribution >= 4 is 58.2 Å². The molecule has 0 aliphatic rings. The molecule has 0 bridgehead atoms. The number of aromatic nitrogens is 3. The van der Waals surface area contributed by atoms with Crippen LogP contribution in [0.1, 0.15) is 0 Å². The van der Waals surface area contributed by atoms with Gasteiger partial charge in [-0.2, -0.15) is 0 Å². The Balaban J connectivity index is 1.72. The largest absolute Gasteiger partial charge is 0.383 e. The third kappa shape index (κ3) is 5.87. The molecule has 2 aromatic carbocycles. The summed E-state index contributed by atoms with van der Waals surface area (Å²) < 4.78 is 7.11. The number of anilines is 1. The van der Waals surface area contributed by atoms with Crippen LogP contribution in [-0.4, -0.2) is 40.1 Å². The molecule has 0 atom stereocenters. The van der Waals surface area contributed by atoms with Crippen molar-refractivity contribution in [3.8, 4) is 11.4 Å². The van der Waals surface area contributed by atoms with Gasteiger partial charge < -0.3 is 10.1 Å². The zero-order valence-electron chi connectivity index (χ0n) is 15.4. The SMILES string of the molecule is COCCn1c(SCC(=O)Nc2ccc(Cl)cc2Cl)nnc1-c1ccc(Cl)cc1. The summed E-state index contributed by atoms with van der Waals surface area (Å²) in [5, 5.41) is 13.4. The maximum atomic E-state index is 12.3. The van der Waals surface area contributed by atoms with Crippen molar-refractivity contribution in [2.45, 2.75) is 11.7 Å². The number of hydrogen-bond donors (Lipinski definition) is 1. The van der Waals surface area contributed by atoms with Gasteiger partial charge in [-0.05, 0) is 42.5 Å².